The fourth-order valence-corrected chi connectivity index (χ4v) is 3.86. The zero-order valence-electron chi connectivity index (χ0n) is 11.4. The minimum Gasteiger partial charge on any atom is -0.469 e. The smallest absolute Gasteiger partial charge is 0.306 e. The maximum Gasteiger partial charge on any atom is 0.306 e. The Kier molecular flexibility index (Phi) is 4.39. The van der Waals surface area contributed by atoms with Gasteiger partial charge in [-0.1, -0.05) is 0 Å². The van der Waals surface area contributed by atoms with Crippen molar-refractivity contribution in [3.63, 3.8) is 0 Å². The van der Waals surface area contributed by atoms with Gasteiger partial charge in [0.2, 0.25) is 0 Å². The zero-order chi connectivity index (χ0) is 13.9. The molecule has 5 nitrogen and oxygen atoms in total. The predicted molar refractivity (Wildman–Crippen MR) is 73.1 cm³/mol. The third-order valence-corrected chi connectivity index (χ3v) is 5.14. The Hall–Kier alpha value is -1.17. The van der Waals surface area contributed by atoms with Crippen molar-refractivity contribution in [3.05, 3.63) is 18.0 Å². The maximum absolute atomic E-state index is 12.1. The van der Waals surface area contributed by atoms with Gasteiger partial charge < -0.3 is 4.74 Å². The number of aryl methyl sites for hydroxylation is 2. The van der Waals surface area contributed by atoms with Crippen molar-refractivity contribution >= 4 is 16.8 Å². The largest absolute Gasteiger partial charge is 0.469 e. The van der Waals surface area contributed by atoms with Gasteiger partial charge in [-0.15, -0.1) is 0 Å². The van der Waals surface area contributed by atoms with Crippen molar-refractivity contribution < 1.29 is 13.7 Å². The molecule has 1 saturated carbocycles. The van der Waals surface area contributed by atoms with Crippen LogP contribution in [-0.4, -0.2) is 38.6 Å². The summed E-state index contributed by atoms with van der Waals surface area (Å²) in [5.41, 5.74) is 1.06. The molecule has 0 N–H and O–H groups in total. The fraction of sp³-hybridized carbons (Fsp3) is 0.692. The molecule has 1 atom stereocenters. The Labute approximate surface area is 115 Å². The van der Waals surface area contributed by atoms with Gasteiger partial charge in [0, 0.05) is 35.5 Å². The topological polar surface area (TPSA) is 61.2 Å². The van der Waals surface area contributed by atoms with E-state index in [4.69, 9.17) is 4.74 Å². The Morgan fingerprint density at radius 1 is 1.58 bits per heavy atom. The Morgan fingerprint density at radius 3 is 2.84 bits per heavy atom. The summed E-state index contributed by atoms with van der Waals surface area (Å²) in [6.45, 7) is 0. The first-order valence-corrected chi connectivity index (χ1v) is 7.91. The van der Waals surface area contributed by atoms with Crippen LogP contribution >= 0.6 is 0 Å². The molecule has 0 amide bonds. The van der Waals surface area contributed by atoms with Gasteiger partial charge in [0.15, 0.2) is 0 Å². The summed E-state index contributed by atoms with van der Waals surface area (Å²) in [5, 5.41) is 4.09. The van der Waals surface area contributed by atoms with E-state index in [1.54, 1.807) is 10.9 Å². The highest BCUT2D eigenvalue weighted by Crippen LogP contribution is 2.49. The number of methoxy groups -OCH3 is 1. The Morgan fingerprint density at radius 2 is 2.32 bits per heavy atom. The molecular weight excluding hydrogens is 264 g/mol. The summed E-state index contributed by atoms with van der Waals surface area (Å²) in [5.74, 6) is 1.05. The summed E-state index contributed by atoms with van der Waals surface area (Å²) >= 11 is 0. The van der Waals surface area contributed by atoms with Crippen molar-refractivity contribution in [1.82, 2.24) is 9.78 Å². The van der Waals surface area contributed by atoms with Crippen molar-refractivity contribution in [1.29, 1.82) is 0 Å². The van der Waals surface area contributed by atoms with E-state index < -0.39 is 10.8 Å². The lowest BCUT2D eigenvalue weighted by Crippen LogP contribution is -2.19. The molecular formula is C13H20N2O3S. The van der Waals surface area contributed by atoms with E-state index in [2.05, 4.69) is 5.10 Å². The van der Waals surface area contributed by atoms with Crippen LogP contribution in [0.2, 0.25) is 0 Å². The van der Waals surface area contributed by atoms with Crippen molar-refractivity contribution in [2.75, 3.05) is 18.6 Å². The van der Waals surface area contributed by atoms with Gasteiger partial charge in [-0.25, -0.2) is 0 Å². The van der Waals surface area contributed by atoms with E-state index in [0.717, 1.165) is 24.8 Å². The van der Waals surface area contributed by atoms with E-state index in [1.807, 2.05) is 13.2 Å². The molecule has 19 heavy (non-hydrogen) atoms. The van der Waals surface area contributed by atoms with Crippen LogP contribution in [0.15, 0.2) is 12.4 Å². The Balaban J connectivity index is 1.77. The average molecular weight is 284 g/mol. The molecule has 106 valence electrons. The summed E-state index contributed by atoms with van der Waals surface area (Å²) in [7, 11) is 2.39. The molecule has 1 aromatic heterocycles. The second-order valence-corrected chi connectivity index (χ2v) is 6.89. The predicted octanol–water partition coefficient (Wildman–Crippen LogP) is 1.05. The van der Waals surface area contributed by atoms with Crippen LogP contribution in [0, 0.1) is 5.41 Å². The third-order valence-electron chi connectivity index (χ3n) is 3.55. The van der Waals surface area contributed by atoms with Crippen molar-refractivity contribution in [2.45, 2.75) is 25.7 Å². The molecule has 0 aliphatic heterocycles. The van der Waals surface area contributed by atoms with E-state index in [-0.39, 0.29) is 11.4 Å². The molecule has 1 unspecified atom stereocenters. The van der Waals surface area contributed by atoms with Crippen LogP contribution in [0.5, 0.6) is 0 Å². The monoisotopic (exact) mass is 284 g/mol. The van der Waals surface area contributed by atoms with Gasteiger partial charge in [-0.05, 0) is 30.2 Å². The van der Waals surface area contributed by atoms with Gasteiger partial charge in [0.1, 0.15) is 0 Å². The molecule has 2 rings (SSSR count). The molecule has 1 aliphatic carbocycles. The number of nitrogens with zero attached hydrogens (tertiary/aromatic N) is 2. The minimum atomic E-state index is -0.881. The first-order chi connectivity index (χ1) is 9.03. The number of esters is 1. The van der Waals surface area contributed by atoms with Crippen LogP contribution in [-0.2, 0) is 33.8 Å². The summed E-state index contributed by atoms with van der Waals surface area (Å²) in [6, 6.07) is 0. The standard InChI is InChI=1S/C13H20N2O3S/c1-15-9-11(8-14-15)3-6-19(17)10-13(4-5-13)7-12(16)18-2/h8-9H,3-7,10H2,1-2H3. The normalized spacial score (nSPS) is 18.0. The molecule has 1 fully saturated rings. The van der Waals surface area contributed by atoms with Crippen molar-refractivity contribution in [2.24, 2.45) is 12.5 Å². The Bertz CT molecular complexity index is 480. The number of carbonyl (C=O) groups excluding carboxylic acids is 1. The molecule has 0 aromatic carbocycles. The zero-order valence-corrected chi connectivity index (χ0v) is 12.2. The van der Waals surface area contributed by atoms with Gasteiger partial charge >= 0.3 is 5.97 Å². The summed E-state index contributed by atoms with van der Waals surface area (Å²) in [6.07, 6.45) is 6.90. The number of hydrogen-bond acceptors (Lipinski definition) is 4. The lowest BCUT2D eigenvalue weighted by atomic mass is 10.1. The van der Waals surface area contributed by atoms with Crippen LogP contribution < -0.4 is 0 Å². The number of ether oxygens (including phenoxy) is 1. The average Bonchev–Trinajstić information content (AvgIpc) is 2.97. The number of carbonyl (C=O) groups is 1. The number of hydrogen-bond donors (Lipinski definition) is 0. The SMILES string of the molecule is COC(=O)CC1(CS(=O)CCc2cnn(C)c2)CC1. The van der Waals surface area contributed by atoms with Crippen LogP contribution in [0.25, 0.3) is 0 Å². The third kappa shape index (κ3) is 4.16. The molecule has 1 aliphatic rings. The number of aromatic nitrogens is 2. The second-order valence-electron chi connectivity index (χ2n) is 5.31. The molecule has 1 heterocycles. The van der Waals surface area contributed by atoms with Crippen LogP contribution in [0.3, 0.4) is 0 Å². The first kappa shape index (κ1) is 14.2. The van der Waals surface area contributed by atoms with Crippen molar-refractivity contribution in [3.8, 4) is 0 Å². The van der Waals surface area contributed by atoms with Gasteiger partial charge in [-0.2, -0.15) is 5.10 Å². The highest BCUT2D eigenvalue weighted by Gasteiger charge is 2.45. The van der Waals surface area contributed by atoms with Crippen LogP contribution in [0.1, 0.15) is 24.8 Å². The highest BCUT2D eigenvalue weighted by molar-refractivity contribution is 7.85. The molecule has 0 radical (unpaired) electrons. The van der Waals surface area contributed by atoms with E-state index in [0.29, 0.717) is 17.9 Å². The first-order valence-electron chi connectivity index (χ1n) is 6.42. The molecule has 6 heteroatoms. The minimum absolute atomic E-state index is 0.0487. The van der Waals surface area contributed by atoms with E-state index in [9.17, 15) is 9.00 Å². The molecule has 0 bridgehead atoms. The molecule has 1 aromatic rings. The highest BCUT2D eigenvalue weighted by atomic mass is 32.2. The van der Waals surface area contributed by atoms with E-state index >= 15 is 0 Å². The fourth-order valence-electron chi connectivity index (χ4n) is 2.17. The second kappa shape index (κ2) is 5.86. The van der Waals surface area contributed by atoms with Crippen LogP contribution in [0.4, 0.5) is 0 Å². The summed E-state index contributed by atoms with van der Waals surface area (Å²) < 4.78 is 18.5. The van der Waals surface area contributed by atoms with Gasteiger partial charge in [0.25, 0.3) is 0 Å². The lowest BCUT2D eigenvalue weighted by Gasteiger charge is -2.12. The van der Waals surface area contributed by atoms with E-state index in [1.165, 1.54) is 7.11 Å². The van der Waals surface area contributed by atoms with Gasteiger partial charge in [0.05, 0.1) is 19.7 Å². The molecule has 0 spiro atoms. The molecule has 0 saturated heterocycles. The number of rotatable bonds is 7. The lowest BCUT2D eigenvalue weighted by molar-refractivity contribution is -0.141. The van der Waals surface area contributed by atoms with Gasteiger partial charge in [-0.3, -0.25) is 13.7 Å². The summed E-state index contributed by atoms with van der Waals surface area (Å²) in [4.78, 5) is 11.3. The quantitative estimate of drug-likeness (QED) is 0.702. The maximum atomic E-state index is 12.1.